The molecule has 7 heteroatoms. The predicted octanol–water partition coefficient (Wildman–Crippen LogP) is 3.14. The molecule has 1 saturated heterocycles. The Balaban J connectivity index is 1.51. The molecule has 0 aliphatic carbocycles. The van der Waals surface area contributed by atoms with Crippen LogP contribution in [0.1, 0.15) is 31.2 Å². The fourth-order valence-electron chi connectivity index (χ4n) is 3.32. The second-order valence-corrected chi connectivity index (χ2v) is 7.57. The van der Waals surface area contributed by atoms with Crippen LogP contribution < -0.4 is 10.2 Å². The zero-order valence-corrected chi connectivity index (χ0v) is 16.7. The first-order chi connectivity index (χ1) is 14.2. The Morgan fingerprint density at radius 2 is 1.83 bits per heavy atom. The molecule has 148 valence electrons. The number of anilines is 1. The SMILES string of the molecule is O=C(NCc1cccnc1N1CCOCC1)c1ccccc1C(=O)c1cccs1. The van der Waals surface area contributed by atoms with Crippen LogP contribution in [0.3, 0.4) is 0 Å². The van der Waals surface area contributed by atoms with Crippen LogP contribution >= 0.6 is 11.3 Å². The molecule has 0 spiro atoms. The summed E-state index contributed by atoms with van der Waals surface area (Å²) in [5.74, 6) is 0.447. The third-order valence-electron chi connectivity index (χ3n) is 4.78. The molecule has 1 aromatic carbocycles. The number of aromatic nitrogens is 1. The summed E-state index contributed by atoms with van der Waals surface area (Å²) in [7, 11) is 0. The van der Waals surface area contributed by atoms with Gasteiger partial charge in [0, 0.05) is 37.0 Å². The van der Waals surface area contributed by atoms with Crippen molar-refractivity contribution in [2.24, 2.45) is 0 Å². The molecule has 4 rings (SSSR count). The maximum absolute atomic E-state index is 12.9. The molecule has 0 radical (unpaired) electrons. The number of thiophene rings is 1. The molecule has 2 aromatic heterocycles. The first-order valence-electron chi connectivity index (χ1n) is 9.46. The summed E-state index contributed by atoms with van der Waals surface area (Å²) in [5.41, 5.74) is 1.72. The highest BCUT2D eigenvalue weighted by atomic mass is 32.1. The molecule has 1 aliphatic heterocycles. The number of morpholine rings is 1. The van der Waals surface area contributed by atoms with Crippen LogP contribution in [0.4, 0.5) is 5.82 Å². The maximum atomic E-state index is 12.9. The van der Waals surface area contributed by atoms with Crippen molar-refractivity contribution >= 4 is 28.8 Å². The normalized spacial score (nSPS) is 13.9. The number of benzene rings is 1. The summed E-state index contributed by atoms with van der Waals surface area (Å²) in [6.07, 6.45) is 1.76. The minimum absolute atomic E-state index is 0.138. The van der Waals surface area contributed by atoms with E-state index in [1.807, 2.05) is 23.6 Å². The van der Waals surface area contributed by atoms with Gasteiger partial charge in [0.25, 0.3) is 5.91 Å². The molecule has 1 N–H and O–H groups in total. The van der Waals surface area contributed by atoms with Gasteiger partial charge in [-0.1, -0.05) is 30.3 Å². The Labute approximate surface area is 173 Å². The van der Waals surface area contributed by atoms with Gasteiger partial charge in [-0.25, -0.2) is 4.98 Å². The van der Waals surface area contributed by atoms with E-state index in [0.717, 1.165) is 24.5 Å². The Hall–Kier alpha value is -3.03. The molecule has 0 saturated carbocycles. The monoisotopic (exact) mass is 407 g/mol. The number of nitrogens with zero attached hydrogens (tertiary/aromatic N) is 2. The highest BCUT2D eigenvalue weighted by Gasteiger charge is 2.20. The van der Waals surface area contributed by atoms with Gasteiger partial charge in [-0.2, -0.15) is 0 Å². The van der Waals surface area contributed by atoms with E-state index in [4.69, 9.17) is 4.74 Å². The number of amides is 1. The third kappa shape index (κ3) is 4.36. The van der Waals surface area contributed by atoms with Gasteiger partial charge >= 0.3 is 0 Å². The quantitative estimate of drug-likeness (QED) is 0.636. The molecule has 1 aliphatic rings. The number of hydrogen-bond donors (Lipinski definition) is 1. The van der Waals surface area contributed by atoms with Crippen molar-refractivity contribution in [2.75, 3.05) is 31.2 Å². The van der Waals surface area contributed by atoms with Crippen LogP contribution in [0, 0.1) is 0 Å². The second-order valence-electron chi connectivity index (χ2n) is 6.62. The highest BCUT2D eigenvalue weighted by Crippen LogP contribution is 2.20. The van der Waals surface area contributed by atoms with Gasteiger partial charge in [-0.05, 0) is 23.6 Å². The molecular weight excluding hydrogens is 386 g/mol. The number of carbonyl (C=O) groups excluding carboxylic acids is 2. The molecule has 29 heavy (non-hydrogen) atoms. The smallest absolute Gasteiger partial charge is 0.252 e. The van der Waals surface area contributed by atoms with Crippen molar-refractivity contribution in [1.82, 2.24) is 10.3 Å². The molecular formula is C22H21N3O3S. The molecule has 3 heterocycles. The molecule has 0 bridgehead atoms. The standard InChI is InChI=1S/C22H21N3O3S/c26-20(19-8-4-14-29-19)17-6-1-2-7-18(17)22(27)24-15-16-5-3-9-23-21(16)25-10-12-28-13-11-25/h1-9,14H,10-13,15H2,(H,24,27). The van der Waals surface area contributed by atoms with E-state index < -0.39 is 0 Å². The van der Waals surface area contributed by atoms with Crippen molar-refractivity contribution in [1.29, 1.82) is 0 Å². The van der Waals surface area contributed by atoms with Crippen molar-refractivity contribution < 1.29 is 14.3 Å². The van der Waals surface area contributed by atoms with Crippen LogP contribution in [-0.4, -0.2) is 43.0 Å². The number of rotatable bonds is 6. The van der Waals surface area contributed by atoms with Gasteiger partial charge < -0.3 is 15.0 Å². The van der Waals surface area contributed by atoms with Crippen molar-refractivity contribution in [3.05, 3.63) is 81.7 Å². The van der Waals surface area contributed by atoms with E-state index in [1.54, 1.807) is 36.5 Å². The topological polar surface area (TPSA) is 71.5 Å². The summed E-state index contributed by atoms with van der Waals surface area (Å²) < 4.78 is 5.41. The summed E-state index contributed by atoms with van der Waals surface area (Å²) in [4.78, 5) is 32.9. The van der Waals surface area contributed by atoms with Crippen molar-refractivity contribution in [3.63, 3.8) is 0 Å². The lowest BCUT2D eigenvalue weighted by molar-refractivity contribution is 0.0940. The van der Waals surface area contributed by atoms with Crippen LogP contribution in [0.15, 0.2) is 60.1 Å². The Morgan fingerprint density at radius 1 is 1.03 bits per heavy atom. The number of pyridine rings is 1. The van der Waals surface area contributed by atoms with Crippen LogP contribution in [0.5, 0.6) is 0 Å². The number of nitrogens with one attached hydrogen (secondary N) is 1. The Kier molecular flexibility index (Phi) is 5.97. The Morgan fingerprint density at radius 3 is 2.59 bits per heavy atom. The first-order valence-corrected chi connectivity index (χ1v) is 10.3. The summed E-state index contributed by atoms with van der Waals surface area (Å²) >= 11 is 1.37. The average molecular weight is 407 g/mol. The van der Waals surface area contributed by atoms with E-state index in [-0.39, 0.29) is 11.7 Å². The van der Waals surface area contributed by atoms with Crippen molar-refractivity contribution in [2.45, 2.75) is 6.54 Å². The van der Waals surface area contributed by atoms with E-state index in [2.05, 4.69) is 15.2 Å². The van der Waals surface area contributed by atoms with Gasteiger partial charge in [-0.15, -0.1) is 11.3 Å². The molecule has 0 unspecified atom stereocenters. The van der Waals surface area contributed by atoms with Crippen molar-refractivity contribution in [3.8, 4) is 0 Å². The fraction of sp³-hybridized carbons (Fsp3) is 0.227. The highest BCUT2D eigenvalue weighted by molar-refractivity contribution is 7.12. The Bertz CT molecular complexity index is 998. The molecule has 1 fully saturated rings. The predicted molar refractivity (Wildman–Crippen MR) is 113 cm³/mol. The van der Waals surface area contributed by atoms with Crippen LogP contribution in [0.2, 0.25) is 0 Å². The maximum Gasteiger partial charge on any atom is 0.252 e. The summed E-state index contributed by atoms with van der Waals surface area (Å²) in [5, 5.41) is 4.80. The zero-order chi connectivity index (χ0) is 20.1. The molecule has 3 aromatic rings. The molecule has 1 amide bonds. The number of ether oxygens (including phenoxy) is 1. The molecule has 6 nitrogen and oxygen atoms in total. The van der Waals surface area contributed by atoms with Crippen LogP contribution in [-0.2, 0) is 11.3 Å². The summed E-state index contributed by atoms with van der Waals surface area (Å²) in [6, 6.07) is 14.3. The lowest BCUT2D eigenvalue weighted by Gasteiger charge is -2.29. The van der Waals surface area contributed by atoms with Gasteiger partial charge in [0.15, 0.2) is 0 Å². The molecule has 0 atom stereocenters. The van der Waals surface area contributed by atoms with Crippen LogP contribution in [0.25, 0.3) is 0 Å². The van der Waals surface area contributed by atoms with E-state index in [0.29, 0.717) is 35.8 Å². The fourth-order valence-corrected chi connectivity index (χ4v) is 4.00. The van der Waals surface area contributed by atoms with Gasteiger partial charge in [0.1, 0.15) is 5.82 Å². The average Bonchev–Trinajstić information content (AvgIpc) is 3.33. The number of ketones is 1. The van der Waals surface area contributed by atoms with Gasteiger partial charge in [0.2, 0.25) is 5.78 Å². The zero-order valence-electron chi connectivity index (χ0n) is 15.8. The van der Waals surface area contributed by atoms with E-state index >= 15 is 0 Å². The lowest BCUT2D eigenvalue weighted by atomic mass is 10.0. The van der Waals surface area contributed by atoms with E-state index in [9.17, 15) is 9.59 Å². The minimum atomic E-state index is -0.276. The minimum Gasteiger partial charge on any atom is -0.378 e. The largest absolute Gasteiger partial charge is 0.378 e. The number of hydrogen-bond acceptors (Lipinski definition) is 6. The van der Waals surface area contributed by atoms with Gasteiger partial charge in [0.05, 0.1) is 23.7 Å². The number of carbonyl (C=O) groups is 2. The van der Waals surface area contributed by atoms with Gasteiger partial charge in [-0.3, -0.25) is 9.59 Å². The summed E-state index contributed by atoms with van der Waals surface area (Å²) in [6.45, 7) is 3.22. The lowest BCUT2D eigenvalue weighted by Crippen LogP contribution is -2.38. The first kappa shape index (κ1) is 19.3. The second kappa shape index (κ2) is 8.98. The third-order valence-corrected chi connectivity index (χ3v) is 5.65. The van der Waals surface area contributed by atoms with E-state index in [1.165, 1.54) is 11.3 Å².